The first-order chi connectivity index (χ1) is 32.5. The highest BCUT2D eigenvalue weighted by atomic mass is 16.5. The first-order valence-electron chi connectivity index (χ1n) is 29.6. The molecular weight excluding hydrogens is 815 g/mol. The van der Waals surface area contributed by atoms with Gasteiger partial charge in [0.2, 0.25) is 5.91 Å². The molecule has 0 rings (SSSR count). The molecule has 6 nitrogen and oxygen atoms in total. The number of allylic oxidation sites excluding steroid dienone is 4. The molecule has 2 atom stereocenters. The Morgan fingerprint density at radius 1 is 0.424 bits per heavy atom. The maximum atomic E-state index is 12.4. The van der Waals surface area contributed by atoms with Crippen molar-refractivity contribution in [3.63, 3.8) is 0 Å². The minimum absolute atomic E-state index is 0.0106. The Hall–Kier alpha value is -1.66. The fourth-order valence-electron chi connectivity index (χ4n) is 9.20. The standard InChI is InChI=1S/C60H115NO5/c1-3-5-7-9-11-13-15-16-17-28-31-34-38-42-46-50-54-60(65)66-55-51-47-43-39-35-32-29-26-24-22-20-18-19-21-23-25-27-30-33-37-41-45-49-53-59(64)61-57(56-62)58(63)52-48-44-40-36-14-12-10-8-6-4-2/h18,20-21,23,57-58,62-63H,3-17,19,22,24-56H2,1-2H3,(H,61,64)/b20-18-,23-21-. The summed E-state index contributed by atoms with van der Waals surface area (Å²) in [5.41, 5.74) is 0. The lowest BCUT2D eigenvalue weighted by molar-refractivity contribution is -0.143. The molecule has 1 amide bonds. The van der Waals surface area contributed by atoms with E-state index in [1.165, 1.54) is 238 Å². The number of nitrogens with one attached hydrogen (secondary N) is 1. The summed E-state index contributed by atoms with van der Waals surface area (Å²) in [5, 5.41) is 23.1. The smallest absolute Gasteiger partial charge is 0.305 e. The highest BCUT2D eigenvalue weighted by Crippen LogP contribution is 2.17. The van der Waals surface area contributed by atoms with Crippen LogP contribution in [0.3, 0.4) is 0 Å². The van der Waals surface area contributed by atoms with Gasteiger partial charge in [0, 0.05) is 12.8 Å². The summed E-state index contributed by atoms with van der Waals surface area (Å²) in [4.78, 5) is 24.5. The number of aliphatic hydroxyl groups excluding tert-OH is 2. The molecular formula is C60H115NO5. The number of hydrogen-bond acceptors (Lipinski definition) is 5. The Morgan fingerprint density at radius 2 is 0.758 bits per heavy atom. The number of ether oxygens (including phenoxy) is 1. The Labute approximate surface area is 411 Å². The number of aliphatic hydroxyl groups is 2. The quantitative estimate of drug-likeness (QED) is 0.0321. The molecule has 0 fully saturated rings. The van der Waals surface area contributed by atoms with Crippen molar-refractivity contribution in [2.75, 3.05) is 13.2 Å². The van der Waals surface area contributed by atoms with Crippen molar-refractivity contribution >= 4 is 11.9 Å². The maximum Gasteiger partial charge on any atom is 0.305 e. The van der Waals surface area contributed by atoms with Crippen molar-refractivity contribution in [2.45, 2.75) is 334 Å². The number of amides is 1. The van der Waals surface area contributed by atoms with Crippen LogP contribution in [0.25, 0.3) is 0 Å². The Bertz CT molecular complexity index is 1030. The summed E-state index contributed by atoms with van der Waals surface area (Å²) in [6.07, 6.45) is 67.6. The zero-order chi connectivity index (χ0) is 47.9. The molecule has 0 saturated carbocycles. The molecule has 0 bridgehead atoms. The van der Waals surface area contributed by atoms with E-state index in [9.17, 15) is 19.8 Å². The largest absolute Gasteiger partial charge is 0.466 e. The second-order valence-electron chi connectivity index (χ2n) is 20.3. The number of hydrogen-bond donors (Lipinski definition) is 3. The summed E-state index contributed by atoms with van der Waals surface area (Å²) < 4.78 is 5.49. The van der Waals surface area contributed by atoms with E-state index in [2.05, 4.69) is 43.5 Å². The van der Waals surface area contributed by atoms with E-state index < -0.39 is 12.1 Å². The van der Waals surface area contributed by atoms with Crippen LogP contribution < -0.4 is 5.32 Å². The van der Waals surface area contributed by atoms with Gasteiger partial charge >= 0.3 is 5.97 Å². The van der Waals surface area contributed by atoms with Gasteiger partial charge in [-0.25, -0.2) is 0 Å². The molecule has 3 N–H and O–H groups in total. The maximum absolute atomic E-state index is 12.4. The van der Waals surface area contributed by atoms with Crippen LogP contribution in [-0.4, -0.2) is 47.4 Å². The van der Waals surface area contributed by atoms with E-state index in [0.29, 0.717) is 25.9 Å². The van der Waals surface area contributed by atoms with Gasteiger partial charge in [-0.3, -0.25) is 9.59 Å². The van der Waals surface area contributed by atoms with Crippen LogP contribution in [0.1, 0.15) is 322 Å². The highest BCUT2D eigenvalue weighted by Gasteiger charge is 2.20. The third-order valence-corrected chi connectivity index (χ3v) is 13.8. The van der Waals surface area contributed by atoms with Gasteiger partial charge < -0.3 is 20.3 Å². The lowest BCUT2D eigenvalue weighted by Gasteiger charge is -2.22. The van der Waals surface area contributed by atoms with E-state index in [1.54, 1.807) is 0 Å². The third-order valence-electron chi connectivity index (χ3n) is 13.8. The van der Waals surface area contributed by atoms with E-state index in [4.69, 9.17) is 4.74 Å². The van der Waals surface area contributed by atoms with Crippen molar-refractivity contribution in [1.29, 1.82) is 0 Å². The average Bonchev–Trinajstić information content (AvgIpc) is 3.32. The minimum Gasteiger partial charge on any atom is -0.466 e. The van der Waals surface area contributed by atoms with Crippen LogP contribution in [0.15, 0.2) is 24.3 Å². The van der Waals surface area contributed by atoms with Crippen LogP contribution in [-0.2, 0) is 14.3 Å². The predicted octanol–water partition coefficient (Wildman–Crippen LogP) is 18.2. The summed E-state index contributed by atoms with van der Waals surface area (Å²) in [6.45, 7) is 4.94. The number of esters is 1. The fraction of sp³-hybridized carbons (Fsp3) is 0.900. The summed E-state index contributed by atoms with van der Waals surface area (Å²) in [6, 6.07) is -0.547. The molecule has 2 unspecified atom stereocenters. The van der Waals surface area contributed by atoms with Crippen LogP contribution in [0, 0.1) is 0 Å². The molecule has 0 aromatic heterocycles. The molecule has 390 valence electrons. The molecule has 0 heterocycles. The number of unbranched alkanes of at least 4 members (excludes halogenated alkanes) is 40. The van der Waals surface area contributed by atoms with Crippen LogP contribution >= 0.6 is 0 Å². The monoisotopic (exact) mass is 930 g/mol. The third kappa shape index (κ3) is 51.7. The molecule has 0 saturated heterocycles. The molecule has 0 aliphatic rings. The van der Waals surface area contributed by atoms with Crippen LogP contribution in [0.2, 0.25) is 0 Å². The minimum atomic E-state index is -0.668. The molecule has 0 aromatic rings. The van der Waals surface area contributed by atoms with Gasteiger partial charge in [-0.1, -0.05) is 276 Å². The van der Waals surface area contributed by atoms with Crippen molar-refractivity contribution < 1.29 is 24.5 Å². The van der Waals surface area contributed by atoms with Gasteiger partial charge in [0.25, 0.3) is 0 Å². The number of carbonyl (C=O) groups is 2. The van der Waals surface area contributed by atoms with Gasteiger partial charge in [0.1, 0.15) is 0 Å². The van der Waals surface area contributed by atoms with Crippen LogP contribution in [0.4, 0.5) is 0 Å². The summed E-state index contributed by atoms with van der Waals surface area (Å²) in [7, 11) is 0. The van der Waals surface area contributed by atoms with Crippen molar-refractivity contribution in [3.05, 3.63) is 24.3 Å². The second kappa shape index (κ2) is 55.9. The summed E-state index contributed by atoms with van der Waals surface area (Å²) in [5.74, 6) is -0.0360. The van der Waals surface area contributed by atoms with Gasteiger partial charge in [-0.2, -0.15) is 0 Å². The Kier molecular flexibility index (Phi) is 54.5. The van der Waals surface area contributed by atoms with Crippen molar-refractivity contribution in [1.82, 2.24) is 5.32 Å². The molecule has 6 heteroatoms. The van der Waals surface area contributed by atoms with E-state index in [-0.39, 0.29) is 18.5 Å². The molecule has 0 radical (unpaired) electrons. The number of rotatable bonds is 55. The molecule has 0 spiro atoms. The Balaban J connectivity index is 3.41. The highest BCUT2D eigenvalue weighted by molar-refractivity contribution is 5.76. The normalized spacial score (nSPS) is 12.7. The molecule has 0 aliphatic carbocycles. The topological polar surface area (TPSA) is 95.9 Å². The van der Waals surface area contributed by atoms with Gasteiger partial charge in [-0.05, 0) is 57.8 Å². The lowest BCUT2D eigenvalue weighted by atomic mass is 10.0. The molecule has 66 heavy (non-hydrogen) atoms. The van der Waals surface area contributed by atoms with Gasteiger partial charge in [0.05, 0.1) is 25.4 Å². The van der Waals surface area contributed by atoms with Gasteiger partial charge in [0.15, 0.2) is 0 Å². The zero-order valence-corrected chi connectivity index (χ0v) is 44.4. The first-order valence-corrected chi connectivity index (χ1v) is 29.6. The van der Waals surface area contributed by atoms with Gasteiger partial charge in [-0.15, -0.1) is 0 Å². The zero-order valence-electron chi connectivity index (χ0n) is 44.4. The second-order valence-corrected chi connectivity index (χ2v) is 20.3. The van der Waals surface area contributed by atoms with Crippen LogP contribution in [0.5, 0.6) is 0 Å². The van der Waals surface area contributed by atoms with E-state index in [1.807, 2.05) is 0 Å². The fourth-order valence-corrected chi connectivity index (χ4v) is 9.20. The molecule has 0 aliphatic heterocycles. The van der Waals surface area contributed by atoms with E-state index >= 15 is 0 Å². The first kappa shape index (κ1) is 64.3. The number of carbonyl (C=O) groups excluding carboxylic acids is 2. The Morgan fingerprint density at radius 3 is 1.15 bits per heavy atom. The van der Waals surface area contributed by atoms with Crippen molar-refractivity contribution in [2.24, 2.45) is 0 Å². The lowest BCUT2D eigenvalue weighted by Crippen LogP contribution is -2.45. The molecule has 0 aromatic carbocycles. The summed E-state index contributed by atoms with van der Waals surface area (Å²) >= 11 is 0. The average molecular weight is 931 g/mol. The predicted molar refractivity (Wildman–Crippen MR) is 287 cm³/mol. The van der Waals surface area contributed by atoms with E-state index in [0.717, 1.165) is 51.4 Å². The van der Waals surface area contributed by atoms with Crippen molar-refractivity contribution in [3.8, 4) is 0 Å². The SMILES string of the molecule is CCCCCCCCCCCCCCCCCCC(=O)OCCCCCCCCCCC/C=C\C/C=C\CCCCCCCCCC(=O)NC(CO)C(O)CCCCCCCCCCCC.